The summed E-state index contributed by atoms with van der Waals surface area (Å²) in [5, 5.41) is 1.15. The Morgan fingerprint density at radius 3 is 2.26 bits per heavy atom. The zero-order valence-corrected chi connectivity index (χ0v) is 11.9. The Kier molecular flexibility index (Phi) is 4.66. The Morgan fingerprint density at radius 1 is 0.947 bits per heavy atom. The van der Waals surface area contributed by atoms with Crippen molar-refractivity contribution in [2.24, 2.45) is 5.84 Å². The first-order valence-corrected chi connectivity index (χ1v) is 6.52. The smallest absolute Gasteiger partial charge is 0.124 e. The lowest BCUT2D eigenvalue weighted by Gasteiger charge is -2.18. The summed E-state index contributed by atoms with van der Waals surface area (Å²) in [6.07, 6.45) is 0. The van der Waals surface area contributed by atoms with Crippen LogP contribution >= 0.6 is 34.8 Å². The molecule has 2 aromatic rings. The highest BCUT2D eigenvalue weighted by Gasteiger charge is 2.17. The number of benzene rings is 2. The van der Waals surface area contributed by atoms with Gasteiger partial charge in [-0.05, 0) is 35.4 Å². The summed E-state index contributed by atoms with van der Waals surface area (Å²) in [6.45, 7) is 0. The van der Waals surface area contributed by atoms with Crippen molar-refractivity contribution in [2.75, 3.05) is 0 Å². The van der Waals surface area contributed by atoms with Crippen molar-refractivity contribution < 1.29 is 4.39 Å². The molecule has 1 atom stereocenters. The van der Waals surface area contributed by atoms with E-state index < -0.39 is 11.9 Å². The van der Waals surface area contributed by atoms with Crippen LogP contribution in [0.15, 0.2) is 36.4 Å². The Hall–Kier alpha value is -0.840. The standard InChI is InChI=1S/C13H10Cl3FN2/c14-10-4-1-7(5-12(10)16)13(19-18)9-3-2-8(17)6-11(9)15/h1-6,13,19H,18H2. The molecule has 0 aromatic heterocycles. The molecule has 1 unspecified atom stereocenters. The fourth-order valence-corrected chi connectivity index (χ4v) is 2.38. The minimum Gasteiger partial charge on any atom is -0.271 e. The summed E-state index contributed by atoms with van der Waals surface area (Å²) < 4.78 is 13.1. The molecule has 0 heterocycles. The molecule has 0 amide bonds. The molecular weight excluding hydrogens is 310 g/mol. The fourth-order valence-electron chi connectivity index (χ4n) is 1.79. The SMILES string of the molecule is NNC(c1ccc(Cl)c(Cl)c1)c1ccc(F)cc1Cl. The second-order valence-corrected chi connectivity index (χ2v) is 5.16. The number of nitrogens with one attached hydrogen (secondary N) is 1. The van der Waals surface area contributed by atoms with Crippen LogP contribution in [-0.2, 0) is 0 Å². The van der Waals surface area contributed by atoms with Crippen molar-refractivity contribution in [3.05, 3.63) is 68.4 Å². The predicted octanol–water partition coefficient (Wildman–Crippen LogP) is 4.34. The van der Waals surface area contributed by atoms with Gasteiger partial charge in [0.15, 0.2) is 0 Å². The van der Waals surface area contributed by atoms with E-state index in [0.717, 1.165) is 5.56 Å². The van der Waals surface area contributed by atoms with E-state index >= 15 is 0 Å². The van der Waals surface area contributed by atoms with Crippen molar-refractivity contribution in [1.29, 1.82) is 0 Å². The van der Waals surface area contributed by atoms with E-state index in [2.05, 4.69) is 5.43 Å². The van der Waals surface area contributed by atoms with Gasteiger partial charge in [0.1, 0.15) is 5.82 Å². The summed E-state index contributed by atoms with van der Waals surface area (Å²) in [6, 6.07) is 8.86. The van der Waals surface area contributed by atoms with Gasteiger partial charge in [0.05, 0.1) is 16.1 Å². The summed E-state index contributed by atoms with van der Waals surface area (Å²) in [7, 11) is 0. The van der Waals surface area contributed by atoms with Crippen LogP contribution in [0.2, 0.25) is 15.1 Å². The van der Waals surface area contributed by atoms with Gasteiger partial charge in [0.2, 0.25) is 0 Å². The van der Waals surface area contributed by atoms with Gasteiger partial charge in [0.25, 0.3) is 0 Å². The van der Waals surface area contributed by atoms with E-state index in [1.807, 2.05) is 0 Å². The van der Waals surface area contributed by atoms with Crippen LogP contribution in [0.5, 0.6) is 0 Å². The average molecular weight is 320 g/mol. The van der Waals surface area contributed by atoms with Crippen LogP contribution in [0.1, 0.15) is 17.2 Å². The highest BCUT2D eigenvalue weighted by Crippen LogP contribution is 2.31. The van der Waals surface area contributed by atoms with Crippen LogP contribution in [0, 0.1) is 5.82 Å². The second-order valence-electron chi connectivity index (χ2n) is 3.94. The van der Waals surface area contributed by atoms with Crippen LogP contribution in [-0.4, -0.2) is 0 Å². The molecule has 0 spiro atoms. The highest BCUT2D eigenvalue weighted by atomic mass is 35.5. The first-order valence-electron chi connectivity index (χ1n) is 5.39. The van der Waals surface area contributed by atoms with Gasteiger partial charge in [-0.1, -0.05) is 46.9 Å². The maximum absolute atomic E-state index is 13.1. The maximum atomic E-state index is 13.1. The van der Waals surface area contributed by atoms with Gasteiger partial charge in [0, 0.05) is 5.02 Å². The molecule has 0 saturated carbocycles. The van der Waals surface area contributed by atoms with Crippen LogP contribution in [0.3, 0.4) is 0 Å². The first kappa shape index (κ1) is 14.6. The Bertz CT molecular complexity index is 604. The van der Waals surface area contributed by atoms with E-state index in [4.69, 9.17) is 40.6 Å². The van der Waals surface area contributed by atoms with Crippen LogP contribution < -0.4 is 11.3 Å². The fraction of sp³-hybridized carbons (Fsp3) is 0.0769. The second kappa shape index (κ2) is 6.07. The molecular formula is C13H10Cl3FN2. The lowest BCUT2D eigenvalue weighted by atomic mass is 9.99. The van der Waals surface area contributed by atoms with Gasteiger partial charge in [-0.25, -0.2) is 9.82 Å². The maximum Gasteiger partial charge on any atom is 0.124 e. The minimum atomic E-state index is -0.404. The van der Waals surface area contributed by atoms with E-state index in [9.17, 15) is 4.39 Å². The number of rotatable bonds is 3. The van der Waals surface area contributed by atoms with E-state index in [1.54, 1.807) is 24.3 Å². The third-order valence-electron chi connectivity index (χ3n) is 2.72. The third kappa shape index (κ3) is 3.19. The van der Waals surface area contributed by atoms with E-state index in [-0.39, 0.29) is 5.02 Å². The summed E-state index contributed by atoms with van der Waals surface area (Å²) in [5.41, 5.74) is 4.07. The number of hydrazine groups is 1. The van der Waals surface area contributed by atoms with Crippen LogP contribution in [0.25, 0.3) is 0 Å². The number of halogens is 4. The van der Waals surface area contributed by atoms with Crippen molar-refractivity contribution in [2.45, 2.75) is 6.04 Å². The normalized spacial score (nSPS) is 12.5. The van der Waals surface area contributed by atoms with Crippen molar-refractivity contribution >= 4 is 34.8 Å². The van der Waals surface area contributed by atoms with E-state index in [0.29, 0.717) is 15.6 Å². The molecule has 2 nitrogen and oxygen atoms in total. The zero-order chi connectivity index (χ0) is 14.0. The largest absolute Gasteiger partial charge is 0.271 e. The number of hydrogen-bond donors (Lipinski definition) is 2. The summed E-state index contributed by atoms with van der Waals surface area (Å²) in [4.78, 5) is 0. The van der Waals surface area contributed by atoms with E-state index in [1.165, 1.54) is 12.1 Å². The predicted molar refractivity (Wildman–Crippen MR) is 77.0 cm³/mol. The molecule has 0 radical (unpaired) electrons. The monoisotopic (exact) mass is 318 g/mol. The topological polar surface area (TPSA) is 38.0 Å². The molecule has 3 N–H and O–H groups in total. The summed E-state index contributed by atoms with van der Waals surface area (Å²) >= 11 is 17.9. The van der Waals surface area contributed by atoms with Gasteiger partial charge in [-0.15, -0.1) is 0 Å². The minimum absolute atomic E-state index is 0.286. The van der Waals surface area contributed by atoms with Gasteiger partial charge >= 0.3 is 0 Å². The lowest BCUT2D eigenvalue weighted by Crippen LogP contribution is -2.29. The Labute approximate surface area is 125 Å². The Morgan fingerprint density at radius 2 is 1.68 bits per heavy atom. The highest BCUT2D eigenvalue weighted by molar-refractivity contribution is 6.42. The zero-order valence-electron chi connectivity index (χ0n) is 9.63. The lowest BCUT2D eigenvalue weighted by molar-refractivity contribution is 0.616. The molecule has 0 aliphatic heterocycles. The number of hydrogen-bond acceptors (Lipinski definition) is 2. The molecule has 2 rings (SSSR count). The molecule has 6 heteroatoms. The molecule has 0 aliphatic rings. The van der Waals surface area contributed by atoms with Crippen LogP contribution in [0.4, 0.5) is 4.39 Å². The number of nitrogens with two attached hydrogens (primary N) is 1. The van der Waals surface area contributed by atoms with Gasteiger partial charge in [-0.3, -0.25) is 5.84 Å². The molecule has 19 heavy (non-hydrogen) atoms. The molecule has 100 valence electrons. The van der Waals surface area contributed by atoms with Crippen molar-refractivity contribution in [3.63, 3.8) is 0 Å². The average Bonchev–Trinajstić information content (AvgIpc) is 2.37. The molecule has 0 aliphatic carbocycles. The molecule has 0 saturated heterocycles. The van der Waals surface area contributed by atoms with Crippen molar-refractivity contribution in [3.8, 4) is 0 Å². The van der Waals surface area contributed by atoms with Gasteiger partial charge in [-0.2, -0.15) is 0 Å². The molecule has 0 fully saturated rings. The first-order chi connectivity index (χ1) is 9.02. The van der Waals surface area contributed by atoms with Crippen molar-refractivity contribution in [1.82, 2.24) is 5.43 Å². The Balaban J connectivity index is 2.46. The third-order valence-corrected chi connectivity index (χ3v) is 3.78. The quantitative estimate of drug-likeness (QED) is 0.652. The molecule has 0 bridgehead atoms. The van der Waals surface area contributed by atoms with Gasteiger partial charge < -0.3 is 0 Å². The summed E-state index contributed by atoms with van der Waals surface area (Å²) in [5.74, 6) is 5.15. The molecule has 2 aromatic carbocycles.